The molecule has 0 heterocycles. The number of benzene rings is 2. The fourth-order valence-electron chi connectivity index (χ4n) is 2.40. The van der Waals surface area contributed by atoms with Crippen LogP contribution in [0.25, 0.3) is 0 Å². The van der Waals surface area contributed by atoms with Gasteiger partial charge in [-0.05, 0) is 17.7 Å². The molecule has 0 bridgehead atoms. The van der Waals surface area contributed by atoms with Gasteiger partial charge in [-0.25, -0.2) is 0 Å². The van der Waals surface area contributed by atoms with Gasteiger partial charge in [-0.15, -0.1) is 0 Å². The highest BCUT2D eigenvalue weighted by Gasteiger charge is 2.20. The Labute approximate surface area is 115 Å². The monoisotopic (exact) mass is 255 g/mol. The summed E-state index contributed by atoms with van der Waals surface area (Å²) in [6.45, 7) is 3.74. The van der Waals surface area contributed by atoms with Crippen LogP contribution in [0.4, 0.5) is 0 Å². The summed E-state index contributed by atoms with van der Waals surface area (Å²) in [5, 5.41) is 0. The molecule has 0 saturated carbocycles. The molecular weight excluding hydrogens is 234 g/mol. The van der Waals surface area contributed by atoms with Crippen LogP contribution in [0.3, 0.4) is 0 Å². The van der Waals surface area contributed by atoms with E-state index in [0.717, 1.165) is 6.54 Å². The standard InChI is InChI=1S/C17H21NO/c1-3-18(14-19-2)17(15-10-6-4-7-11-15)16-12-8-5-9-13-16/h4-13,17H,3,14H2,1-2H3. The highest BCUT2D eigenvalue weighted by molar-refractivity contribution is 5.31. The topological polar surface area (TPSA) is 12.5 Å². The first-order valence-corrected chi connectivity index (χ1v) is 6.69. The van der Waals surface area contributed by atoms with Crippen LogP contribution in [0.15, 0.2) is 60.7 Å². The van der Waals surface area contributed by atoms with Crippen LogP contribution in [-0.2, 0) is 4.74 Å². The summed E-state index contributed by atoms with van der Waals surface area (Å²) in [7, 11) is 1.75. The highest BCUT2D eigenvalue weighted by Crippen LogP contribution is 2.28. The third-order valence-corrected chi connectivity index (χ3v) is 3.30. The van der Waals surface area contributed by atoms with Gasteiger partial charge in [0, 0.05) is 7.11 Å². The van der Waals surface area contributed by atoms with Crippen molar-refractivity contribution in [2.24, 2.45) is 0 Å². The van der Waals surface area contributed by atoms with Crippen molar-refractivity contribution in [3.05, 3.63) is 71.8 Å². The lowest BCUT2D eigenvalue weighted by atomic mass is 9.97. The minimum atomic E-state index is 0.243. The average molecular weight is 255 g/mol. The Balaban J connectivity index is 2.38. The molecule has 100 valence electrons. The van der Waals surface area contributed by atoms with Crippen LogP contribution in [0.2, 0.25) is 0 Å². The van der Waals surface area contributed by atoms with E-state index in [1.807, 2.05) is 0 Å². The van der Waals surface area contributed by atoms with E-state index in [4.69, 9.17) is 4.74 Å². The van der Waals surface area contributed by atoms with Gasteiger partial charge in [-0.2, -0.15) is 0 Å². The molecule has 19 heavy (non-hydrogen) atoms. The van der Waals surface area contributed by atoms with Crippen LogP contribution in [-0.4, -0.2) is 25.3 Å². The first-order valence-electron chi connectivity index (χ1n) is 6.69. The fourth-order valence-corrected chi connectivity index (χ4v) is 2.40. The molecule has 2 rings (SSSR count). The predicted octanol–water partition coefficient (Wildman–Crippen LogP) is 3.70. The number of hydrogen-bond acceptors (Lipinski definition) is 2. The molecule has 0 aliphatic heterocycles. The molecule has 0 atom stereocenters. The Hall–Kier alpha value is -1.64. The maximum atomic E-state index is 5.34. The smallest absolute Gasteiger partial charge is 0.0993 e. The van der Waals surface area contributed by atoms with E-state index in [1.165, 1.54) is 11.1 Å². The molecule has 0 aromatic heterocycles. The lowest BCUT2D eigenvalue weighted by Crippen LogP contribution is -2.31. The lowest BCUT2D eigenvalue weighted by Gasteiger charge is -2.30. The maximum absolute atomic E-state index is 5.34. The van der Waals surface area contributed by atoms with Crippen LogP contribution in [0.1, 0.15) is 24.1 Å². The number of methoxy groups -OCH3 is 1. The molecule has 0 spiro atoms. The van der Waals surface area contributed by atoms with E-state index in [2.05, 4.69) is 72.5 Å². The van der Waals surface area contributed by atoms with Gasteiger partial charge < -0.3 is 4.74 Å². The summed E-state index contributed by atoms with van der Waals surface area (Å²) in [6, 6.07) is 21.4. The van der Waals surface area contributed by atoms with Gasteiger partial charge in [0.2, 0.25) is 0 Å². The van der Waals surface area contributed by atoms with E-state index in [1.54, 1.807) is 7.11 Å². The van der Waals surface area contributed by atoms with E-state index < -0.39 is 0 Å². The third kappa shape index (κ3) is 3.43. The van der Waals surface area contributed by atoms with Gasteiger partial charge in [-0.1, -0.05) is 67.6 Å². The highest BCUT2D eigenvalue weighted by atomic mass is 16.5. The van der Waals surface area contributed by atoms with Crippen LogP contribution >= 0.6 is 0 Å². The molecule has 0 amide bonds. The minimum absolute atomic E-state index is 0.243. The van der Waals surface area contributed by atoms with E-state index in [0.29, 0.717) is 6.73 Å². The molecule has 0 fully saturated rings. The Kier molecular flexibility index (Phi) is 5.13. The van der Waals surface area contributed by atoms with E-state index in [9.17, 15) is 0 Å². The summed E-state index contributed by atoms with van der Waals surface area (Å²) < 4.78 is 5.34. The van der Waals surface area contributed by atoms with Gasteiger partial charge in [0.15, 0.2) is 0 Å². The second kappa shape index (κ2) is 7.07. The zero-order valence-corrected chi connectivity index (χ0v) is 11.6. The van der Waals surface area contributed by atoms with Gasteiger partial charge in [0.05, 0.1) is 12.8 Å². The fraction of sp³-hybridized carbons (Fsp3) is 0.294. The zero-order chi connectivity index (χ0) is 13.5. The second-order valence-corrected chi connectivity index (χ2v) is 4.55. The average Bonchev–Trinajstić information content (AvgIpc) is 2.49. The SMILES string of the molecule is CCN(COC)C(c1ccccc1)c1ccccc1. The summed E-state index contributed by atoms with van der Waals surface area (Å²) >= 11 is 0. The van der Waals surface area contributed by atoms with Crippen LogP contribution in [0, 0.1) is 0 Å². The van der Waals surface area contributed by atoms with Crippen molar-refractivity contribution in [3.8, 4) is 0 Å². The number of nitrogens with zero attached hydrogens (tertiary/aromatic N) is 1. The summed E-state index contributed by atoms with van der Waals surface area (Å²) in [5.74, 6) is 0. The second-order valence-electron chi connectivity index (χ2n) is 4.55. The van der Waals surface area contributed by atoms with Crippen molar-refractivity contribution in [2.45, 2.75) is 13.0 Å². The molecule has 2 nitrogen and oxygen atoms in total. The Morgan fingerprint density at radius 1 is 0.895 bits per heavy atom. The first kappa shape index (κ1) is 13.8. The van der Waals surface area contributed by atoms with E-state index in [-0.39, 0.29) is 6.04 Å². The van der Waals surface area contributed by atoms with Gasteiger partial charge >= 0.3 is 0 Å². The molecule has 0 N–H and O–H groups in total. The molecule has 0 unspecified atom stereocenters. The molecule has 0 saturated heterocycles. The van der Waals surface area contributed by atoms with Crippen molar-refractivity contribution in [1.29, 1.82) is 0 Å². The van der Waals surface area contributed by atoms with Crippen molar-refractivity contribution in [1.82, 2.24) is 4.90 Å². The van der Waals surface area contributed by atoms with Crippen molar-refractivity contribution in [3.63, 3.8) is 0 Å². The molecule has 0 aliphatic carbocycles. The molecule has 2 heteroatoms. The van der Waals surface area contributed by atoms with Crippen LogP contribution < -0.4 is 0 Å². The minimum Gasteiger partial charge on any atom is -0.369 e. The van der Waals surface area contributed by atoms with Gasteiger partial charge in [0.25, 0.3) is 0 Å². The third-order valence-electron chi connectivity index (χ3n) is 3.30. The lowest BCUT2D eigenvalue weighted by molar-refractivity contribution is 0.0471. The Morgan fingerprint density at radius 3 is 1.74 bits per heavy atom. The Morgan fingerprint density at radius 2 is 1.37 bits per heavy atom. The largest absolute Gasteiger partial charge is 0.369 e. The Bertz CT molecular complexity index is 430. The van der Waals surface area contributed by atoms with Crippen LogP contribution in [0.5, 0.6) is 0 Å². The molecule has 2 aromatic rings. The molecule has 2 aromatic carbocycles. The van der Waals surface area contributed by atoms with Crippen molar-refractivity contribution in [2.75, 3.05) is 20.4 Å². The zero-order valence-electron chi connectivity index (χ0n) is 11.6. The van der Waals surface area contributed by atoms with Gasteiger partial charge in [0.1, 0.15) is 0 Å². The van der Waals surface area contributed by atoms with Gasteiger partial charge in [-0.3, -0.25) is 4.90 Å². The normalized spacial score (nSPS) is 11.2. The molecule has 0 radical (unpaired) electrons. The number of rotatable bonds is 6. The predicted molar refractivity (Wildman–Crippen MR) is 79.0 cm³/mol. The number of ether oxygens (including phenoxy) is 1. The molecular formula is C17H21NO. The first-order chi connectivity index (χ1) is 9.36. The number of hydrogen-bond donors (Lipinski definition) is 0. The quantitative estimate of drug-likeness (QED) is 0.730. The summed E-state index contributed by atoms with van der Waals surface area (Å²) in [5.41, 5.74) is 2.60. The summed E-state index contributed by atoms with van der Waals surface area (Å²) in [6.07, 6.45) is 0. The summed E-state index contributed by atoms with van der Waals surface area (Å²) in [4.78, 5) is 2.32. The van der Waals surface area contributed by atoms with Crippen molar-refractivity contribution < 1.29 is 4.74 Å². The van der Waals surface area contributed by atoms with Crippen molar-refractivity contribution >= 4 is 0 Å². The molecule has 0 aliphatic rings. The van der Waals surface area contributed by atoms with E-state index >= 15 is 0 Å². The maximum Gasteiger partial charge on any atom is 0.0993 e.